The number of rotatable bonds is 5. The first-order chi connectivity index (χ1) is 13.2. The Hall–Kier alpha value is -3.00. The highest BCUT2D eigenvalue weighted by molar-refractivity contribution is 6.31. The summed E-state index contributed by atoms with van der Waals surface area (Å²) in [5, 5.41) is 0.352. The first kappa shape index (κ1) is 19.8. The van der Waals surface area contributed by atoms with Crippen LogP contribution >= 0.6 is 11.6 Å². The zero-order valence-electron chi connectivity index (χ0n) is 14.6. The fourth-order valence-electron chi connectivity index (χ4n) is 2.51. The number of hydrogen-bond acceptors (Lipinski definition) is 5. The summed E-state index contributed by atoms with van der Waals surface area (Å²) in [5.74, 6) is -0.311. The van der Waals surface area contributed by atoms with Gasteiger partial charge in [0.2, 0.25) is 0 Å². The summed E-state index contributed by atoms with van der Waals surface area (Å²) in [5.41, 5.74) is 1.05. The van der Waals surface area contributed by atoms with Gasteiger partial charge in [0.05, 0.1) is 30.1 Å². The van der Waals surface area contributed by atoms with Crippen LogP contribution in [0.1, 0.15) is 21.6 Å². The first-order valence-corrected chi connectivity index (χ1v) is 8.46. The van der Waals surface area contributed by atoms with Gasteiger partial charge < -0.3 is 4.90 Å². The van der Waals surface area contributed by atoms with Crippen molar-refractivity contribution in [3.8, 4) is 0 Å². The van der Waals surface area contributed by atoms with E-state index in [-0.39, 0.29) is 17.9 Å². The summed E-state index contributed by atoms with van der Waals surface area (Å²) in [6, 6.07) is 6.93. The third-order valence-electron chi connectivity index (χ3n) is 4.02. The summed E-state index contributed by atoms with van der Waals surface area (Å²) in [7, 11) is 1.77. The second kappa shape index (κ2) is 7.93. The molecule has 144 valence electrons. The maximum absolute atomic E-state index is 12.6. The molecule has 0 aliphatic heterocycles. The lowest BCUT2D eigenvalue weighted by Crippen LogP contribution is -2.12. The zero-order chi connectivity index (χ0) is 20.3. The van der Waals surface area contributed by atoms with E-state index in [0.717, 1.165) is 12.3 Å². The van der Waals surface area contributed by atoms with Crippen LogP contribution in [0, 0.1) is 0 Å². The monoisotopic (exact) mass is 406 g/mol. The molecule has 0 amide bonds. The number of pyridine rings is 1. The molecule has 0 spiro atoms. The molecule has 0 atom stereocenters. The number of aromatic nitrogens is 3. The van der Waals surface area contributed by atoms with Crippen molar-refractivity contribution >= 4 is 28.8 Å². The molecule has 0 N–H and O–H groups in total. The Labute approximate surface area is 163 Å². The van der Waals surface area contributed by atoms with Crippen LogP contribution in [0.2, 0.25) is 5.02 Å². The molecule has 0 fully saturated rings. The van der Waals surface area contributed by atoms with Crippen molar-refractivity contribution in [1.29, 1.82) is 0 Å². The number of anilines is 2. The molecule has 0 aliphatic carbocycles. The normalized spacial score (nSPS) is 11.3. The standard InChI is InChI=1S/C19H14ClF3N4O/c1-27(17-9-24-11-25-10-17)16-5-12(4-14(20)6-16)18(28)7-15-3-2-13(8-26-15)19(21,22)23/h2-6,8-11H,7H2,1H3. The predicted molar refractivity (Wildman–Crippen MR) is 98.8 cm³/mol. The molecule has 3 rings (SSSR count). The topological polar surface area (TPSA) is 59.0 Å². The van der Waals surface area contributed by atoms with Gasteiger partial charge in [-0.25, -0.2) is 9.97 Å². The number of hydrogen-bond donors (Lipinski definition) is 0. The fourth-order valence-corrected chi connectivity index (χ4v) is 2.73. The highest BCUT2D eigenvalue weighted by Gasteiger charge is 2.30. The van der Waals surface area contributed by atoms with Crippen LogP contribution in [0.15, 0.2) is 55.2 Å². The highest BCUT2D eigenvalue weighted by atomic mass is 35.5. The summed E-state index contributed by atoms with van der Waals surface area (Å²) >= 11 is 6.15. The SMILES string of the molecule is CN(c1cncnc1)c1cc(Cl)cc(C(=O)Cc2ccc(C(F)(F)F)cn2)c1. The van der Waals surface area contributed by atoms with Crippen molar-refractivity contribution in [2.45, 2.75) is 12.6 Å². The second-order valence-corrected chi connectivity index (χ2v) is 6.43. The molecule has 0 bridgehead atoms. The van der Waals surface area contributed by atoms with Crippen molar-refractivity contribution in [2.24, 2.45) is 0 Å². The Morgan fingerprint density at radius 3 is 2.39 bits per heavy atom. The van der Waals surface area contributed by atoms with Gasteiger partial charge in [-0.15, -0.1) is 0 Å². The van der Waals surface area contributed by atoms with Gasteiger partial charge in [0.15, 0.2) is 5.78 Å². The first-order valence-electron chi connectivity index (χ1n) is 8.08. The highest BCUT2D eigenvalue weighted by Crippen LogP contribution is 2.29. The van der Waals surface area contributed by atoms with Crippen LogP contribution in [0.5, 0.6) is 0 Å². The summed E-state index contributed by atoms with van der Waals surface area (Å²) in [6.45, 7) is 0. The second-order valence-electron chi connectivity index (χ2n) is 5.99. The van der Waals surface area contributed by atoms with Crippen LogP contribution in [0.25, 0.3) is 0 Å². The maximum Gasteiger partial charge on any atom is 0.417 e. The van der Waals surface area contributed by atoms with Gasteiger partial charge in [0, 0.05) is 35.2 Å². The molecular formula is C19H14ClF3N4O. The number of Topliss-reactive ketones (excluding diaryl/α,β-unsaturated/α-hetero) is 1. The predicted octanol–water partition coefficient (Wildman–Crippen LogP) is 4.74. The van der Waals surface area contributed by atoms with Crippen molar-refractivity contribution in [3.05, 3.63) is 77.1 Å². The molecule has 0 saturated heterocycles. The molecular weight excluding hydrogens is 393 g/mol. The lowest BCUT2D eigenvalue weighted by atomic mass is 10.0. The number of halogens is 4. The molecule has 0 radical (unpaired) electrons. The van der Waals surface area contributed by atoms with Gasteiger partial charge in [0.25, 0.3) is 0 Å². The fraction of sp³-hybridized carbons (Fsp3) is 0.158. The molecule has 0 aliphatic rings. The number of carbonyl (C=O) groups is 1. The number of alkyl halides is 3. The van der Waals surface area contributed by atoms with Crippen molar-refractivity contribution in [2.75, 3.05) is 11.9 Å². The van der Waals surface area contributed by atoms with Crippen LogP contribution in [-0.2, 0) is 12.6 Å². The molecule has 1 aromatic carbocycles. The lowest BCUT2D eigenvalue weighted by Gasteiger charge is -2.19. The molecule has 5 nitrogen and oxygen atoms in total. The Morgan fingerprint density at radius 1 is 1.07 bits per heavy atom. The minimum Gasteiger partial charge on any atom is -0.342 e. The van der Waals surface area contributed by atoms with E-state index < -0.39 is 11.7 Å². The average Bonchev–Trinajstić information content (AvgIpc) is 2.67. The van der Waals surface area contributed by atoms with Gasteiger partial charge in [-0.3, -0.25) is 9.78 Å². The summed E-state index contributed by atoms with van der Waals surface area (Å²) < 4.78 is 37.8. The third-order valence-corrected chi connectivity index (χ3v) is 4.24. The van der Waals surface area contributed by atoms with E-state index in [0.29, 0.717) is 22.0 Å². The zero-order valence-corrected chi connectivity index (χ0v) is 15.4. The molecule has 0 unspecified atom stereocenters. The van der Waals surface area contributed by atoms with Gasteiger partial charge in [0.1, 0.15) is 6.33 Å². The Kier molecular flexibility index (Phi) is 5.60. The summed E-state index contributed by atoms with van der Waals surface area (Å²) in [4.78, 5) is 26.0. The van der Waals surface area contributed by atoms with Crippen molar-refractivity contribution in [1.82, 2.24) is 15.0 Å². The van der Waals surface area contributed by atoms with E-state index in [4.69, 9.17) is 11.6 Å². The summed E-state index contributed by atoms with van der Waals surface area (Å²) in [6.07, 6.45) is 0.735. The quantitative estimate of drug-likeness (QED) is 0.573. The third kappa shape index (κ3) is 4.64. The minimum atomic E-state index is -4.47. The molecule has 9 heteroatoms. The molecule has 2 aromatic heterocycles. The Balaban J connectivity index is 1.81. The molecule has 0 saturated carbocycles. The van der Waals surface area contributed by atoms with Crippen molar-refractivity contribution < 1.29 is 18.0 Å². The van der Waals surface area contributed by atoms with Crippen LogP contribution < -0.4 is 4.90 Å². The van der Waals surface area contributed by atoms with E-state index >= 15 is 0 Å². The smallest absolute Gasteiger partial charge is 0.342 e. The number of carbonyl (C=O) groups excluding carboxylic acids is 1. The van der Waals surface area contributed by atoms with Gasteiger partial charge >= 0.3 is 6.18 Å². The Bertz CT molecular complexity index is 979. The number of ketones is 1. The molecule has 28 heavy (non-hydrogen) atoms. The van der Waals surface area contributed by atoms with E-state index in [2.05, 4.69) is 15.0 Å². The molecule has 2 heterocycles. The van der Waals surface area contributed by atoms with E-state index in [1.165, 1.54) is 18.5 Å². The van der Waals surface area contributed by atoms with E-state index in [1.54, 1.807) is 36.5 Å². The van der Waals surface area contributed by atoms with Crippen LogP contribution in [0.3, 0.4) is 0 Å². The molecule has 3 aromatic rings. The van der Waals surface area contributed by atoms with E-state index in [1.807, 2.05) is 0 Å². The van der Waals surface area contributed by atoms with Gasteiger partial charge in [-0.1, -0.05) is 11.6 Å². The number of nitrogens with zero attached hydrogens (tertiary/aromatic N) is 4. The maximum atomic E-state index is 12.6. The number of benzene rings is 1. The van der Waals surface area contributed by atoms with Crippen LogP contribution in [0.4, 0.5) is 24.5 Å². The van der Waals surface area contributed by atoms with Crippen molar-refractivity contribution in [3.63, 3.8) is 0 Å². The Morgan fingerprint density at radius 2 is 1.79 bits per heavy atom. The van der Waals surface area contributed by atoms with E-state index in [9.17, 15) is 18.0 Å². The minimum absolute atomic E-state index is 0.143. The van der Waals surface area contributed by atoms with Gasteiger partial charge in [-0.2, -0.15) is 13.2 Å². The lowest BCUT2D eigenvalue weighted by molar-refractivity contribution is -0.137. The van der Waals surface area contributed by atoms with Gasteiger partial charge in [-0.05, 0) is 30.3 Å². The average molecular weight is 407 g/mol. The largest absolute Gasteiger partial charge is 0.417 e. The van der Waals surface area contributed by atoms with Crippen LogP contribution in [-0.4, -0.2) is 27.8 Å².